The summed E-state index contributed by atoms with van der Waals surface area (Å²) in [7, 11) is -4.05. The van der Waals surface area contributed by atoms with E-state index in [1.54, 1.807) is 54.3 Å². The molecule has 8 heteroatoms. The maximum atomic E-state index is 13.3. The number of Topliss-reactive ketones (excluding diaryl/α,β-unsaturated/α-hetero) is 1. The van der Waals surface area contributed by atoms with Crippen LogP contribution in [0.5, 0.6) is 0 Å². The van der Waals surface area contributed by atoms with Crippen LogP contribution in [0.4, 0.5) is 11.4 Å². The topological polar surface area (TPSA) is 80.8 Å². The van der Waals surface area contributed by atoms with E-state index in [2.05, 4.69) is 0 Å². The van der Waals surface area contributed by atoms with Crippen molar-refractivity contribution in [2.45, 2.75) is 11.8 Å². The van der Waals surface area contributed by atoms with Crippen molar-refractivity contribution >= 4 is 44.6 Å². The molecule has 0 atom stereocenters. The van der Waals surface area contributed by atoms with Crippen LogP contribution in [0.1, 0.15) is 27.6 Å². The fourth-order valence-corrected chi connectivity index (χ4v) is 5.04. The average molecular weight is 468 g/mol. The average Bonchev–Trinajstić information content (AvgIpc) is 2.80. The standard InChI is InChI=1S/C24H18ClNO5S/c1-2-31-24(28)17-9-13-19(14-10-17)26-15-22(23(27)16-7-11-18(25)12-8-16)32(29,30)21-6-4-3-5-20(21)26/h3-15H,2H2,1H3. The number of benzene rings is 3. The smallest absolute Gasteiger partial charge is 0.338 e. The molecular formula is C24H18ClNO5S. The van der Waals surface area contributed by atoms with Gasteiger partial charge in [0.25, 0.3) is 0 Å². The van der Waals surface area contributed by atoms with Crippen LogP contribution in [0, 0.1) is 0 Å². The monoisotopic (exact) mass is 467 g/mol. The first-order valence-electron chi connectivity index (χ1n) is 9.75. The lowest BCUT2D eigenvalue weighted by atomic mass is 10.1. The highest BCUT2D eigenvalue weighted by Gasteiger charge is 2.36. The summed E-state index contributed by atoms with van der Waals surface area (Å²) in [6.45, 7) is 1.98. The molecule has 4 rings (SSSR count). The third kappa shape index (κ3) is 3.92. The van der Waals surface area contributed by atoms with Crippen LogP contribution in [0.3, 0.4) is 0 Å². The maximum absolute atomic E-state index is 13.3. The van der Waals surface area contributed by atoms with E-state index in [1.807, 2.05) is 0 Å². The molecule has 0 saturated heterocycles. The van der Waals surface area contributed by atoms with Gasteiger partial charge < -0.3 is 9.64 Å². The Hall–Kier alpha value is -3.42. The Labute approximate surface area is 190 Å². The number of fused-ring (bicyclic) bond motifs is 1. The van der Waals surface area contributed by atoms with Gasteiger partial charge in [0.15, 0.2) is 0 Å². The molecule has 1 heterocycles. The molecule has 0 N–H and O–H groups in total. The summed E-state index contributed by atoms with van der Waals surface area (Å²) in [6, 6.07) is 19.0. The number of hydrogen-bond acceptors (Lipinski definition) is 6. The van der Waals surface area contributed by atoms with E-state index in [0.29, 0.717) is 22.0 Å². The van der Waals surface area contributed by atoms with Gasteiger partial charge in [0.2, 0.25) is 15.6 Å². The molecule has 0 aliphatic carbocycles. The van der Waals surface area contributed by atoms with Crippen molar-refractivity contribution in [3.63, 3.8) is 0 Å². The molecule has 1 aliphatic rings. The number of carbonyl (C=O) groups excluding carboxylic acids is 2. The zero-order valence-corrected chi connectivity index (χ0v) is 18.6. The molecule has 6 nitrogen and oxygen atoms in total. The summed E-state index contributed by atoms with van der Waals surface area (Å²) in [4.78, 5) is 26.4. The molecule has 32 heavy (non-hydrogen) atoms. The van der Waals surface area contributed by atoms with Crippen LogP contribution in [0.15, 0.2) is 88.8 Å². The van der Waals surface area contributed by atoms with Crippen molar-refractivity contribution in [1.82, 2.24) is 0 Å². The van der Waals surface area contributed by atoms with Gasteiger partial charge in [-0.15, -0.1) is 0 Å². The van der Waals surface area contributed by atoms with Gasteiger partial charge in [-0.25, -0.2) is 13.2 Å². The Morgan fingerprint density at radius 3 is 2.19 bits per heavy atom. The van der Waals surface area contributed by atoms with Gasteiger partial charge in [-0.2, -0.15) is 0 Å². The molecule has 1 aliphatic heterocycles. The van der Waals surface area contributed by atoms with Gasteiger partial charge in [0.05, 0.1) is 22.8 Å². The maximum Gasteiger partial charge on any atom is 0.338 e. The molecule has 0 spiro atoms. The van der Waals surface area contributed by atoms with E-state index in [9.17, 15) is 18.0 Å². The molecule has 0 aromatic heterocycles. The normalized spacial score (nSPS) is 14.3. The number of para-hydroxylation sites is 1. The second-order valence-corrected chi connectivity index (χ2v) is 9.26. The molecule has 0 saturated carbocycles. The van der Waals surface area contributed by atoms with Crippen LogP contribution < -0.4 is 4.90 Å². The number of hydrogen-bond donors (Lipinski definition) is 0. The summed E-state index contributed by atoms with van der Waals surface area (Å²) >= 11 is 5.90. The summed E-state index contributed by atoms with van der Waals surface area (Å²) in [5.74, 6) is -1.08. The largest absolute Gasteiger partial charge is 0.462 e. The summed E-state index contributed by atoms with van der Waals surface area (Å²) in [5.41, 5.74) is 1.57. The van der Waals surface area contributed by atoms with Gasteiger partial charge in [-0.05, 0) is 67.6 Å². The molecule has 0 fully saturated rings. The minimum atomic E-state index is -4.05. The van der Waals surface area contributed by atoms with Gasteiger partial charge >= 0.3 is 5.97 Å². The molecule has 0 amide bonds. The summed E-state index contributed by atoms with van der Waals surface area (Å²) in [6.07, 6.45) is 1.31. The van der Waals surface area contributed by atoms with Crippen molar-refractivity contribution < 1.29 is 22.7 Å². The number of nitrogens with zero attached hydrogens (tertiary/aromatic N) is 1. The molecule has 0 radical (unpaired) electrons. The number of anilines is 2. The summed E-state index contributed by atoms with van der Waals surface area (Å²) < 4.78 is 31.6. The number of esters is 1. The zero-order valence-electron chi connectivity index (χ0n) is 17.0. The molecular weight excluding hydrogens is 450 g/mol. The Morgan fingerprint density at radius 1 is 0.906 bits per heavy atom. The van der Waals surface area contributed by atoms with Gasteiger partial charge in [0.1, 0.15) is 4.91 Å². The van der Waals surface area contributed by atoms with Crippen molar-refractivity contribution in [3.05, 3.63) is 100 Å². The predicted octanol–water partition coefficient (Wildman–Crippen LogP) is 5.17. The molecule has 3 aromatic rings. The molecule has 0 bridgehead atoms. The third-order valence-electron chi connectivity index (χ3n) is 4.94. The summed E-state index contributed by atoms with van der Waals surface area (Å²) in [5, 5.41) is 0.440. The number of rotatable bonds is 5. The van der Waals surface area contributed by atoms with E-state index in [4.69, 9.17) is 16.3 Å². The highest BCUT2D eigenvalue weighted by Crippen LogP contribution is 2.40. The number of carbonyl (C=O) groups is 2. The second-order valence-electron chi connectivity index (χ2n) is 6.94. The molecule has 0 unspecified atom stereocenters. The predicted molar refractivity (Wildman–Crippen MR) is 122 cm³/mol. The Bertz CT molecular complexity index is 1330. The van der Waals surface area contributed by atoms with Crippen molar-refractivity contribution in [3.8, 4) is 0 Å². The van der Waals surface area contributed by atoms with Gasteiger partial charge in [-0.1, -0.05) is 23.7 Å². The fourth-order valence-electron chi connectivity index (χ4n) is 3.37. The van der Waals surface area contributed by atoms with Crippen LogP contribution in [0.2, 0.25) is 5.02 Å². The van der Waals surface area contributed by atoms with Gasteiger partial charge in [-0.3, -0.25) is 4.79 Å². The lowest BCUT2D eigenvalue weighted by Crippen LogP contribution is -2.25. The van der Waals surface area contributed by atoms with Crippen molar-refractivity contribution in [2.24, 2.45) is 0 Å². The van der Waals surface area contributed by atoms with Gasteiger partial charge in [0, 0.05) is 22.5 Å². The SMILES string of the molecule is CCOC(=O)c1ccc(N2C=C(C(=O)c3ccc(Cl)cc3)S(=O)(=O)c3ccccc32)cc1. The first-order chi connectivity index (χ1) is 15.3. The first-order valence-corrected chi connectivity index (χ1v) is 11.6. The minimum absolute atomic E-state index is 0.0225. The number of sulfone groups is 1. The van der Waals surface area contributed by atoms with Crippen molar-refractivity contribution in [2.75, 3.05) is 11.5 Å². The number of ketones is 1. The van der Waals surface area contributed by atoms with E-state index in [0.717, 1.165) is 0 Å². The zero-order chi connectivity index (χ0) is 22.9. The molecule has 162 valence electrons. The van der Waals surface area contributed by atoms with E-state index in [-0.39, 0.29) is 22.0 Å². The van der Waals surface area contributed by atoms with Crippen LogP contribution in [0.25, 0.3) is 0 Å². The lowest BCUT2D eigenvalue weighted by Gasteiger charge is -2.29. The first kappa shape index (κ1) is 21.8. The highest BCUT2D eigenvalue weighted by atomic mass is 35.5. The Kier molecular flexibility index (Phi) is 5.86. The highest BCUT2D eigenvalue weighted by molar-refractivity contribution is 7.96. The Morgan fingerprint density at radius 2 is 1.53 bits per heavy atom. The van der Waals surface area contributed by atoms with Crippen LogP contribution in [-0.2, 0) is 14.6 Å². The second kappa shape index (κ2) is 8.61. The van der Waals surface area contributed by atoms with E-state index >= 15 is 0 Å². The Balaban J connectivity index is 1.82. The fraction of sp³-hybridized carbons (Fsp3) is 0.0833. The van der Waals surface area contributed by atoms with Crippen molar-refractivity contribution in [1.29, 1.82) is 0 Å². The third-order valence-corrected chi connectivity index (χ3v) is 6.98. The quantitative estimate of drug-likeness (QED) is 0.380. The minimum Gasteiger partial charge on any atom is -0.462 e. The lowest BCUT2D eigenvalue weighted by molar-refractivity contribution is 0.0526. The number of allylic oxidation sites excluding steroid dienone is 1. The van der Waals surface area contributed by atoms with Crippen LogP contribution >= 0.6 is 11.6 Å². The number of halogens is 1. The van der Waals surface area contributed by atoms with Crippen LogP contribution in [-0.4, -0.2) is 26.8 Å². The number of ether oxygens (including phenoxy) is 1. The molecule has 3 aromatic carbocycles. The van der Waals surface area contributed by atoms with E-state index < -0.39 is 21.6 Å². The van der Waals surface area contributed by atoms with E-state index in [1.165, 1.54) is 36.5 Å².